The van der Waals surface area contributed by atoms with Crippen LogP contribution in [0.4, 0.5) is 15.9 Å². The maximum Gasteiger partial charge on any atom is 0.227 e. The Kier molecular flexibility index (Phi) is 5.88. The van der Waals surface area contributed by atoms with Crippen molar-refractivity contribution in [2.24, 2.45) is 5.92 Å². The predicted molar refractivity (Wildman–Crippen MR) is 114 cm³/mol. The third kappa shape index (κ3) is 4.40. The Morgan fingerprint density at radius 2 is 1.83 bits per heavy atom. The molecule has 154 valence electrons. The van der Waals surface area contributed by atoms with Gasteiger partial charge in [0, 0.05) is 30.6 Å². The zero-order chi connectivity index (χ0) is 20.9. The first kappa shape index (κ1) is 19.8. The first-order valence-corrected chi connectivity index (χ1v) is 9.91. The molecule has 2 heterocycles. The Morgan fingerprint density at radius 3 is 2.57 bits per heavy atom. The number of anilines is 2. The summed E-state index contributed by atoms with van der Waals surface area (Å²) in [5, 5.41) is 2.98. The minimum Gasteiger partial charge on any atom is -0.495 e. The molecule has 0 aliphatic carbocycles. The smallest absolute Gasteiger partial charge is 0.227 e. The number of methoxy groups -OCH3 is 1. The molecular formula is C23H23FN4O2. The van der Waals surface area contributed by atoms with Gasteiger partial charge in [-0.05, 0) is 49.2 Å². The number of hydrogen-bond donors (Lipinski definition) is 1. The number of halogens is 1. The van der Waals surface area contributed by atoms with E-state index in [4.69, 9.17) is 4.74 Å². The fraction of sp³-hybridized carbons (Fsp3) is 0.261. The van der Waals surface area contributed by atoms with E-state index in [0.29, 0.717) is 11.4 Å². The number of ether oxygens (including phenoxy) is 1. The van der Waals surface area contributed by atoms with Gasteiger partial charge >= 0.3 is 0 Å². The summed E-state index contributed by atoms with van der Waals surface area (Å²) in [6.45, 7) is 1.45. The first-order chi connectivity index (χ1) is 14.6. The highest BCUT2D eigenvalue weighted by atomic mass is 19.1. The molecule has 0 radical (unpaired) electrons. The summed E-state index contributed by atoms with van der Waals surface area (Å²) in [5.74, 6) is 1.13. The number of benzene rings is 2. The molecule has 1 N–H and O–H groups in total. The third-order valence-corrected chi connectivity index (χ3v) is 5.35. The number of carbonyl (C=O) groups excluding carboxylic acids is 1. The molecule has 0 saturated carbocycles. The molecule has 0 spiro atoms. The minimum atomic E-state index is -0.276. The molecule has 3 aromatic rings. The highest BCUT2D eigenvalue weighted by molar-refractivity contribution is 5.94. The van der Waals surface area contributed by atoms with Gasteiger partial charge in [-0.3, -0.25) is 4.79 Å². The zero-order valence-corrected chi connectivity index (χ0v) is 16.7. The second kappa shape index (κ2) is 8.90. The lowest BCUT2D eigenvalue weighted by Crippen LogP contribution is -2.38. The molecule has 1 fully saturated rings. The van der Waals surface area contributed by atoms with E-state index in [9.17, 15) is 9.18 Å². The van der Waals surface area contributed by atoms with Crippen LogP contribution in [0.15, 0.2) is 60.9 Å². The van der Waals surface area contributed by atoms with E-state index in [1.165, 1.54) is 18.5 Å². The molecule has 2 aromatic carbocycles. The summed E-state index contributed by atoms with van der Waals surface area (Å²) in [7, 11) is 1.59. The average Bonchev–Trinajstić information content (AvgIpc) is 2.80. The van der Waals surface area contributed by atoms with Crippen molar-refractivity contribution >= 4 is 17.4 Å². The quantitative estimate of drug-likeness (QED) is 0.690. The second-order valence-electron chi connectivity index (χ2n) is 7.22. The molecule has 0 bridgehead atoms. The van der Waals surface area contributed by atoms with Gasteiger partial charge in [-0.15, -0.1) is 0 Å². The number of piperidine rings is 1. The van der Waals surface area contributed by atoms with Crippen LogP contribution in [-0.4, -0.2) is 36.1 Å². The third-order valence-electron chi connectivity index (χ3n) is 5.35. The summed E-state index contributed by atoms with van der Waals surface area (Å²) in [6, 6.07) is 15.6. The number of carbonyl (C=O) groups is 1. The van der Waals surface area contributed by atoms with Crippen molar-refractivity contribution in [3.05, 3.63) is 66.7 Å². The van der Waals surface area contributed by atoms with Gasteiger partial charge in [-0.2, -0.15) is 0 Å². The van der Waals surface area contributed by atoms with Crippen molar-refractivity contribution in [3.8, 4) is 17.0 Å². The number of nitrogens with one attached hydrogen (secondary N) is 1. The van der Waals surface area contributed by atoms with Gasteiger partial charge in [0.1, 0.15) is 23.7 Å². The molecule has 1 aromatic heterocycles. The molecule has 6 nitrogen and oxygen atoms in total. The Labute approximate surface area is 174 Å². The highest BCUT2D eigenvalue weighted by Crippen LogP contribution is 2.28. The normalized spacial score (nSPS) is 14.4. The molecule has 0 unspecified atom stereocenters. The van der Waals surface area contributed by atoms with Crippen LogP contribution in [0.1, 0.15) is 12.8 Å². The molecule has 1 aliphatic rings. The SMILES string of the molecule is COc1ccccc1NC(=O)C1CCN(c2cc(-c3ccc(F)cc3)ncn2)CC1. The summed E-state index contributed by atoms with van der Waals surface area (Å²) < 4.78 is 18.5. The van der Waals surface area contributed by atoms with E-state index in [-0.39, 0.29) is 17.6 Å². The number of aromatic nitrogens is 2. The first-order valence-electron chi connectivity index (χ1n) is 9.91. The van der Waals surface area contributed by atoms with Crippen LogP contribution < -0.4 is 15.0 Å². The van der Waals surface area contributed by atoms with Gasteiger partial charge in [0.15, 0.2) is 0 Å². The average molecular weight is 406 g/mol. The van der Waals surface area contributed by atoms with Crippen LogP contribution in [0.2, 0.25) is 0 Å². The van der Waals surface area contributed by atoms with Crippen LogP contribution in [0.5, 0.6) is 5.75 Å². The summed E-state index contributed by atoms with van der Waals surface area (Å²) >= 11 is 0. The van der Waals surface area contributed by atoms with E-state index in [1.54, 1.807) is 19.2 Å². The van der Waals surface area contributed by atoms with Crippen molar-refractivity contribution in [2.45, 2.75) is 12.8 Å². The lowest BCUT2D eigenvalue weighted by molar-refractivity contribution is -0.120. The summed E-state index contributed by atoms with van der Waals surface area (Å²) in [4.78, 5) is 23.6. The van der Waals surface area contributed by atoms with E-state index in [0.717, 1.165) is 43.0 Å². The van der Waals surface area contributed by atoms with Gasteiger partial charge < -0.3 is 15.0 Å². The Bertz CT molecular complexity index is 1020. The van der Waals surface area contributed by atoms with Gasteiger partial charge in [-0.1, -0.05) is 12.1 Å². The Morgan fingerprint density at radius 1 is 1.10 bits per heavy atom. The number of para-hydroxylation sites is 2. The lowest BCUT2D eigenvalue weighted by Gasteiger charge is -2.32. The van der Waals surface area contributed by atoms with E-state index >= 15 is 0 Å². The maximum atomic E-state index is 13.2. The zero-order valence-electron chi connectivity index (χ0n) is 16.7. The molecule has 4 rings (SSSR count). The van der Waals surface area contributed by atoms with Gasteiger partial charge in [0.2, 0.25) is 5.91 Å². The standard InChI is InChI=1S/C23H23FN4O2/c1-30-21-5-3-2-4-19(21)27-23(29)17-10-12-28(13-11-17)22-14-20(25-15-26-22)16-6-8-18(24)9-7-16/h2-9,14-15,17H,10-13H2,1H3,(H,27,29). The molecule has 1 amide bonds. The van der Waals surface area contributed by atoms with E-state index in [2.05, 4.69) is 20.2 Å². The van der Waals surface area contributed by atoms with E-state index < -0.39 is 0 Å². The number of amides is 1. The van der Waals surface area contributed by atoms with Gasteiger partial charge in [0.25, 0.3) is 0 Å². The van der Waals surface area contributed by atoms with Crippen LogP contribution >= 0.6 is 0 Å². The fourth-order valence-electron chi connectivity index (χ4n) is 3.65. The molecule has 1 aliphatic heterocycles. The van der Waals surface area contributed by atoms with Crippen LogP contribution in [0.25, 0.3) is 11.3 Å². The molecule has 30 heavy (non-hydrogen) atoms. The van der Waals surface area contributed by atoms with Crippen molar-refractivity contribution < 1.29 is 13.9 Å². The minimum absolute atomic E-state index is 0.00818. The Balaban J connectivity index is 1.39. The topological polar surface area (TPSA) is 67.3 Å². The van der Waals surface area contributed by atoms with Crippen LogP contribution in [0, 0.1) is 11.7 Å². The fourth-order valence-corrected chi connectivity index (χ4v) is 3.65. The van der Waals surface area contributed by atoms with Crippen LogP contribution in [-0.2, 0) is 4.79 Å². The summed E-state index contributed by atoms with van der Waals surface area (Å²) in [5.41, 5.74) is 2.27. The number of hydrogen-bond acceptors (Lipinski definition) is 5. The predicted octanol–water partition coefficient (Wildman–Crippen LogP) is 4.15. The van der Waals surface area contributed by atoms with Crippen molar-refractivity contribution in [1.29, 1.82) is 0 Å². The molecule has 0 atom stereocenters. The Hall–Kier alpha value is -3.48. The largest absolute Gasteiger partial charge is 0.495 e. The molecular weight excluding hydrogens is 383 g/mol. The maximum absolute atomic E-state index is 13.2. The lowest BCUT2D eigenvalue weighted by atomic mass is 9.95. The molecule has 7 heteroatoms. The van der Waals surface area contributed by atoms with E-state index in [1.807, 2.05) is 30.3 Å². The van der Waals surface area contributed by atoms with Crippen LogP contribution in [0.3, 0.4) is 0 Å². The summed E-state index contributed by atoms with van der Waals surface area (Å²) in [6.07, 6.45) is 2.99. The highest BCUT2D eigenvalue weighted by Gasteiger charge is 2.26. The van der Waals surface area contributed by atoms with Crippen molar-refractivity contribution in [1.82, 2.24) is 9.97 Å². The number of rotatable bonds is 5. The monoisotopic (exact) mass is 406 g/mol. The van der Waals surface area contributed by atoms with Gasteiger partial charge in [0.05, 0.1) is 18.5 Å². The van der Waals surface area contributed by atoms with Crippen molar-refractivity contribution in [3.63, 3.8) is 0 Å². The molecule has 1 saturated heterocycles. The second-order valence-corrected chi connectivity index (χ2v) is 7.22. The van der Waals surface area contributed by atoms with Gasteiger partial charge in [-0.25, -0.2) is 14.4 Å². The van der Waals surface area contributed by atoms with Crippen molar-refractivity contribution in [2.75, 3.05) is 30.4 Å². The number of nitrogens with zero attached hydrogens (tertiary/aromatic N) is 3.